The minimum atomic E-state index is 0.733. The van der Waals surface area contributed by atoms with Crippen molar-refractivity contribution in [3.8, 4) is 22.5 Å². The number of rotatable bonds is 4. The van der Waals surface area contributed by atoms with Gasteiger partial charge in [-0.1, -0.05) is 66.7 Å². The second kappa shape index (κ2) is 7.68. The van der Waals surface area contributed by atoms with Gasteiger partial charge in [-0.3, -0.25) is 0 Å². The Labute approximate surface area is 175 Å². The summed E-state index contributed by atoms with van der Waals surface area (Å²) < 4.78 is 0. The van der Waals surface area contributed by atoms with Crippen molar-refractivity contribution in [2.24, 2.45) is 0 Å². The molecule has 0 saturated heterocycles. The summed E-state index contributed by atoms with van der Waals surface area (Å²) in [4.78, 5) is 10.1. The summed E-state index contributed by atoms with van der Waals surface area (Å²) in [6.45, 7) is 0. The number of fused-ring (bicyclic) bond motifs is 1. The van der Waals surface area contributed by atoms with Gasteiger partial charge < -0.3 is 11.1 Å². The molecule has 0 aliphatic carbocycles. The number of hydrogen-bond acceptors (Lipinski definition) is 4. The maximum atomic E-state index is 5.82. The number of aromatic nitrogens is 2. The first kappa shape index (κ1) is 17.9. The van der Waals surface area contributed by atoms with Crippen molar-refractivity contribution in [1.29, 1.82) is 0 Å². The SMILES string of the molecule is Nc1ccc(Nc2cccc3nc(-c4ccccc4)c(-c4ccccc4)nc23)cc1. The third kappa shape index (κ3) is 3.47. The van der Waals surface area contributed by atoms with Gasteiger partial charge in [0, 0.05) is 22.5 Å². The predicted molar refractivity (Wildman–Crippen MR) is 125 cm³/mol. The Balaban J connectivity index is 1.71. The Bertz CT molecular complexity index is 1300. The number of hydrogen-bond donors (Lipinski definition) is 2. The molecule has 1 aromatic heterocycles. The van der Waals surface area contributed by atoms with E-state index in [-0.39, 0.29) is 0 Å². The van der Waals surface area contributed by atoms with E-state index in [0.717, 1.165) is 50.6 Å². The van der Waals surface area contributed by atoms with Gasteiger partial charge >= 0.3 is 0 Å². The van der Waals surface area contributed by atoms with Gasteiger partial charge in [0.2, 0.25) is 0 Å². The Kier molecular flexibility index (Phi) is 4.58. The third-order valence-corrected chi connectivity index (χ3v) is 4.98. The van der Waals surface area contributed by atoms with Crippen LogP contribution >= 0.6 is 0 Å². The molecule has 0 saturated carbocycles. The van der Waals surface area contributed by atoms with E-state index in [1.165, 1.54) is 0 Å². The zero-order valence-electron chi connectivity index (χ0n) is 16.3. The van der Waals surface area contributed by atoms with E-state index in [2.05, 4.69) is 29.6 Å². The van der Waals surface area contributed by atoms with Crippen LogP contribution < -0.4 is 11.1 Å². The average molecular weight is 388 g/mol. The quantitative estimate of drug-likeness (QED) is 0.355. The molecule has 0 bridgehead atoms. The molecule has 0 aliphatic rings. The van der Waals surface area contributed by atoms with Crippen molar-refractivity contribution in [3.63, 3.8) is 0 Å². The van der Waals surface area contributed by atoms with E-state index in [1.807, 2.05) is 78.9 Å². The van der Waals surface area contributed by atoms with Crippen LogP contribution in [-0.4, -0.2) is 9.97 Å². The molecule has 30 heavy (non-hydrogen) atoms. The molecule has 144 valence electrons. The molecule has 4 heteroatoms. The van der Waals surface area contributed by atoms with Crippen molar-refractivity contribution >= 4 is 28.1 Å². The molecule has 0 aliphatic heterocycles. The van der Waals surface area contributed by atoms with E-state index >= 15 is 0 Å². The molecule has 0 fully saturated rings. The summed E-state index contributed by atoms with van der Waals surface area (Å²) in [6.07, 6.45) is 0. The van der Waals surface area contributed by atoms with E-state index < -0.39 is 0 Å². The van der Waals surface area contributed by atoms with E-state index in [4.69, 9.17) is 15.7 Å². The van der Waals surface area contributed by atoms with Gasteiger partial charge in [0.1, 0.15) is 5.52 Å². The highest BCUT2D eigenvalue weighted by atomic mass is 14.9. The lowest BCUT2D eigenvalue weighted by atomic mass is 10.0. The summed E-state index contributed by atoms with van der Waals surface area (Å²) in [7, 11) is 0. The Morgan fingerprint density at radius 3 is 1.80 bits per heavy atom. The molecular weight excluding hydrogens is 368 g/mol. The lowest BCUT2D eigenvalue weighted by molar-refractivity contribution is 1.29. The van der Waals surface area contributed by atoms with Crippen LogP contribution in [0, 0.1) is 0 Å². The molecule has 0 atom stereocenters. The molecule has 3 N–H and O–H groups in total. The molecule has 1 heterocycles. The van der Waals surface area contributed by atoms with Gasteiger partial charge in [0.25, 0.3) is 0 Å². The summed E-state index contributed by atoms with van der Waals surface area (Å²) >= 11 is 0. The molecule has 5 aromatic rings. The smallest absolute Gasteiger partial charge is 0.113 e. The average Bonchev–Trinajstić information content (AvgIpc) is 2.81. The maximum absolute atomic E-state index is 5.82. The largest absolute Gasteiger partial charge is 0.399 e. The van der Waals surface area contributed by atoms with Crippen molar-refractivity contribution in [1.82, 2.24) is 9.97 Å². The highest BCUT2D eigenvalue weighted by Gasteiger charge is 2.14. The number of nitrogens with one attached hydrogen (secondary N) is 1. The number of benzene rings is 4. The van der Waals surface area contributed by atoms with Gasteiger partial charge in [-0.05, 0) is 36.4 Å². The third-order valence-electron chi connectivity index (χ3n) is 4.98. The number of nitrogens with zero attached hydrogens (tertiary/aromatic N) is 2. The summed E-state index contributed by atoms with van der Waals surface area (Å²) in [6, 6.07) is 34.1. The lowest BCUT2D eigenvalue weighted by Crippen LogP contribution is -1.99. The molecule has 0 amide bonds. The van der Waals surface area contributed by atoms with Crippen LogP contribution in [0.1, 0.15) is 0 Å². The standard InChI is InChI=1S/C26H20N4/c27-20-14-16-21(17-15-20)28-22-12-7-13-23-26(22)30-25(19-10-5-2-6-11-19)24(29-23)18-8-3-1-4-9-18/h1-17,28H,27H2. The topological polar surface area (TPSA) is 63.8 Å². The monoisotopic (exact) mass is 388 g/mol. The summed E-state index contributed by atoms with van der Waals surface area (Å²) in [5, 5.41) is 3.45. The molecule has 0 radical (unpaired) electrons. The highest BCUT2D eigenvalue weighted by molar-refractivity contribution is 5.94. The van der Waals surface area contributed by atoms with E-state index in [9.17, 15) is 0 Å². The zero-order chi connectivity index (χ0) is 20.3. The predicted octanol–water partition coefficient (Wildman–Crippen LogP) is 6.29. The molecule has 0 spiro atoms. The molecule has 4 nitrogen and oxygen atoms in total. The normalized spacial score (nSPS) is 10.8. The van der Waals surface area contributed by atoms with Crippen molar-refractivity contribution in [2.75, 3.05) is 11.1 Å². The van der Waals surface area contributed by atoms with Gasteiger partial charge in [-0.15, -0.1) is 0 Å². The van der Waals surface area contributed by atoms with Gasteiger partial charge in [-0.2, -0.15) is 0 Å². The van der Waals surface area contributed by atoms with Gasteiger partial charge in [0.15, 0.2) is 0 Å². The number of para-hydroxylation sites is 1. The van der Waals surface area contributed by atoms with Gasteiger partial charge in [0.05, 0.1) is 22.6 Å². The molecular formula is C26H20N4. The highest BCUT2D eigenvalue weighted by Crippen LogP contribution is 2.33. The molecule has 4 aromatic carbocycles. The zero-order valence-corrected chi connectivity index (χ0v) is 16.3. The first-order chi connectivity index (χ1) is 14.8. The fourth-order valence-electron chi connectivity index (χ4n) is 3.49. The Hall–Kier alpha value is -4.18. The first-order valence-corrected chi connectivity index (χ1v) is 9.82. The van der Waals surface area contributed by atoms with Crippen LogP contribution in [0.2, 0.25) is 0 Å². The van der Waals surface area contributed by atoms with Crippen LogP contribution in [-0.2, 0) is 0 Å². The van der Waals surface area contributed by atoms with Gasteiger partial charge in [-0.25, -0.2) is 9.97 Å². The van der Waals surface area contributed by atoms with Crippen LogP contribution in [0.5, 0.6) is 0 Å². The van der Waals surface area contributed by atoms with Crippen LogP contribution in [0.25, 0.3) is 33.5 Å². The maximum Gasteiger partial charge on any atom is 0.113 e. The first-order valence-electron chi connectivity index (χ1n) is 9.82. The van der Waals surface area contributed by atoms with E-state index in [0.29, 0.717) is 0 Å². The van der Waals surface area contributed by atoms with Crippen LogP contribution in [0.4, 0.5) is 17.1 Å². The molecule has 0 unspecified atom stereocenters. The Morgan fingerprint density at radius 2 is 1.17 bits per heavy atom. The van der Waals surface area contributed by atoms with Crippen LogP contribution in [0.15, 0.2) is 103 Å². The number of anilines is 3. The summed E-state index contributed by atoms with van der Waals surface area (Å²) in [5.74, 6) is 0. The number of nitrogen functional groups attached to an aromatic ring is 1. The fraction of sp³-hybridized carbons (Fsp3) is 0. The van der Waals surface area contributed by atoms with Crippen molar-refractivity contribution in [2.45, 2.75) is 0 Å². The second-order valence-electron chi connectivity index (χ2n) is 7.07. The van der Waals surface area contributed by atoms with Crippen molar-refractivity contribution < 1.29 is 0 Å². The fourth-order valence-corrected chi connectivity index (χ4v) is 3.49. The molecule has 5 rings (SSSR count). The van der Waals surface area contributed by atoms with E-state index in [1.54, 1.807) is 0 Å². The van der Waals surface area contributed by atoms with Crippen LogP contribution in [0.3, 0.4) is 0 Å². The minimum Gasteiger partial charge on any atom is -0.399 e. The Morgan fingerprint density at radius 1 is 0.567 bits per heavy atom. The second-order valence-corrected chi connectivity index (χ2v) is 7.07. The summed E-state index contributed by atoms with van der Waals surface area (Å²) in [5.41, 5.74) is 13.9. The minimum absolute atomic E-state index is 0.733. The number of nitrogens with two attached hydrogens (primary N) is 1. The lowest BCUT2D eigenvalue weighted by Gasteiger charge is -2.14. The van der Waals surface area contributed by atoms with Crippen molar-refractivity contribution in [3.05, 3.63) is 103 Å².